The molecule has 0 spiro atoms. The Hall–Kier alpha value is -1.28. The number of nitriles is 1. The maximum atomic E-state index is 8.74. The first-order chi connectivity index (χ1) is 5.69. The summed E-state index contributed by atoms with van der Waals surface area (Å²) in [7, 11) is 5.53. The van der Waals surface area contributed by atoms with Crippen molar-refractivity contribution in [2.75, 3.05) is 31.4 Å². The predicted molar refractivity (Wildman–Crippen MR) is 50.7 cm³/mol. The molecule has 0 aliphatic carbocycles. The lowest BCUT2D eigenvalue weighted by atomic mass is 10.5. The van der Waals surface area contributed by atoms with Crippen molar-refractivity contribution in [1.82, 2.24) is 4.98 Å². The number of rotatable bonds is 2. The zero-order chi connectivity index (χ0) is 9.14. The van der Waals surface area contributed by atoms with Crippen LogP contribution in [0, 0.1) is 11.3 Å². The van der Waals surface area contributed by atoms with Crippen molar-refractivity contribution in [3.63, 3.8) is 0 Å². The maximum Gasteiger partial charge on any atom is 0.185 e. The fraction of sp³-hybridized carbons (Fsp3) is 0.429. The molecule has 0 saturated carbocycles. The molecule has 0 saturated heterocycles. The minimum absolute atomic E-state index is 0.643. The molecule has 5 heteroatoms. The van der Waals surface area contributed by atoms with Gasteiger partial charge in [0.2, 0.25) is 0 Å². The highest BCUT2D eigenvalue weighted by molar-refractivity contribution is 7.16. The summed E-state index contributed by atoms with van der Waals surface area (Å²) in [4.78, 5) is 6.68. The second kappa shape index (κ2) is 3.41. The zero-order valence-electron chi connectivity index (χ0n) is 7.25. The molecule has 64 valence electrons. The van der Waals surface area contributed by atoms with Gasteiger partial charge in [-0.05, 0) is 0 Å². The molecular weight excluding hydrogens is 172 g/mol. The lowest BCUT2D eigenvalue weighted by Gasteiger charge is -2.07. The summed E-state index contributed by atoms with van der Waals surface area (Å²) in [6.07, 6.45) is 0. The molecule has 0 radical (unpaired) electrons. The monoisotopic (exact) mass is 182 g/mol. The van der Waals surface area contributed by atoms with E-state index in [1.807, 2.05) is 19.0 Å². The molecule has 0 amide bonds. The molecular formula is C7H10N4S. The van der Waals surface area contributed by atoms with Crippen molar-refractivity contribution in [2.45, 2.75) is 0 Å². The molecule has 0 atom stereocenters. The number of thiazole rings is 1. The maximum absolute atomic E-state index is 8.74. The predicted octanol–water partition coefficient (Wildman–Crippen LogP) is 1.12. The van der Waals surface area contributed by atoms with Gasteiger partial charge in [0.05, 0.1) is 0 Å². The fourth-order valence-corrected chi connectivity index (χ4v) is 1.59. The van der Waals surface area contributed by atoms with Crippen molar-refractivity contribution in [3.05, 3.63) is 4.88 Å². The lowest BCUT2D eigenvalue weighted by molar-refractivity contribution is 1.08. The average molecular weight is 182 g/mol. The molecule has 0 aliphatic rings. The van der Waals surface area contributed by atoms with Crippen molar-refractivity contribution in [1.29, 1.82) is 5.26 Å². The Balaban J connectivity index is 3.10. The molecule has 0 aliphatic heterocycles. The topological polar surface area (TPSA) is 52.0 Å². The Bertz CT molecular complexity index is 310. The highest BCUT2D eigenvalue weighted by Gasteiger charge is 2.10. The van der Waals surface area contributed by atoms with Gasteiger partial charge >= 0.3 is 0 Å². The van der Waals surface area contributed by atoms with Gasteiger partial charge in [-0.2, -0.15) is 5.26 Å². The van der Waals surface area contributed by atoms with Crippen molar-refractivity contribution in [2.24, 2.45) is 0 Å². The molecule has 0 unspecified atom stereocenters. The first-order valence-electron chi connectivity index (χ1n) is 3.45. The number of nitrogens with zero attached hydrogens (tertiary/aromatic N) is 3. The summed E-state index contributed by atoms with van der Waals surface area (Å²) >= 11 is 1.36. The molecule has 1 aromatic rings. The molecule has 1 rings (SSSR count). The van der Waals surface area contributed by atoms with E-state index < -0.39 is 0 Å². The number of aromatic nitrogens is 1. The van der Waals surface area contributed by atoms with Crippen molar-refractivity contribution < 1.29 is 0 Å². The number of hydrogen-bond donors (Lipinski definition) is 1. The van der Waals surface area contributed by atoms with Crippen LogP contribution in [0.25, 0.3) is 0 Å². The second-order valence-corrected chi connectivity index (χ2v) is 3.43. The Labute approximate surface area is 75.5 Å². The molecule has 0 fully saturated rings. The molecule has 0 aromatic carbocycles. The van der Waals surface area contributed by atoms with E-state index in [-0.39, 0.29) is 0 Å². The minimum Gasteiger partial charge on any atom is -0.364 e. The van der Waals surface area contributed by atoms with E-state index in [1.165, 1.54) is 11.3 Å². The Morgan fingerprint density at radius 3 is 2.58 bits per heavy atom. The molecule has 1 aromatic heterocycles. The second-order valence-electron chi connectivity index (χ2n) is 2.43. The van der Waals surface area contributed by atoms with Gasteiger partial charge in [-0.3, -0.25) is 0 Å². The first-order valence-corrected chi connectivity index (χ1v) is 4.26. The SMILES string of the molecule is CNc1nc(N(C)C)c(C#N)s1. The summed E-state index contributed by atoms with van der Waals surface area (Å²) in [6, 6.07) is 2.11. The summed E-state index contributed by atoms with van der Waals surface area (Å²) in [5, 5.41) is 12.4. The third kappa shape index (κ3) is 1.48. The van der Waals surface area contributed by atoms with E-state index in [2.05, 4.69) is 16.4 Å². The van der Waals surface area contributed by atoms with Crippen LogP contribution in [0.2, 0.25) is 0 Å². The molecule has 4 nitrogen and oxygen atoms in total. The van der Waals surface area contributed by atoms with Gasteiger partial charge in [-0.25, -0.2) is 4.98 Å². The van der Waals surface area contributed by atoms with Crippen LogP contribution in [0.15, 0.2) is 0 Å². The fourth-order valence-electron chi connectivity index (χ4n) is 0.795. The molecule has 0 bridgehead atoms. The first kappa shape index (κ1) is 8.81. The van der Waals surface area contributed by atoms with Gasteiger partial charge in [0.25, 0.3) is 0 Å². The van der Waals surface area contributed by atoms with E-state index in [1.54, 1.807) is 7.05 Å². The van der Waals surface area contributed by atoms with Gasteiger partial charge in [0.1, 0.15) is 6.07 Å². The summed E-state index contributed by atoms with van der Waals surface area (Å²) in [5.74, 6) is 0.729. The summed E-state index contributed by atoms with van der Waals surface area (Å²) < 4.78 is 0. The Morgan fingerprint density at radius 1 is 1.58 bits per heavy atom. The summed E-state index contributed by atoms with van der Waals surface area (Å²) in [5.41, 5.74) is 0. The highest BCUT2D eigenvalue weighted by atomic mass is 32.1. The number of hydrogen-bond acceptors (Lipinski definition) is 5. The van der Waals surface area contributed by atoms with Crippen LogP contribution >= 0.6 is 11.3 Å². The van der Waals surface area contributed by atoms with Crippen LogP contribution < -0.4 is 10.2 Å². The average Bonchev–Trinajstić information content (AvgIpc) is 2.47. The molecule has 1 N–H and O–H groups in total. The van der Waals surface area contributed by atoms with Gasteiger partial charge in [-0.15, -0.1) is 0 Å². The minimum atomic E-state index is 0.643. The van der Waals surface area contributed by atoms with Gasteiger partial charge in [-0.1, -0.05) is 11.3 Å². The van der Waals surface area contributed by atoms with Crippen LogP contribution in [0.1, 0.15) is 4.88 Å². The van der Waals surface area contributed by atoms with Crippen molar-refractivity contribution >= 4 is 22.3 Å². The van der Waals surface area contributed by atoms with Gasteiger partial charge in [0, 0.05) is 21.1 Å². The van der Waals surface area contributed by atoms with Gasteiger partial charge in [0.15, 0.2) is 15.8 Å². The third-order valence-corrected chi connectivity index (χ3v) is 2.32. The van der Waals surface area contributed by atoms with E-state index in [9.17, 15) is 0 Å². The van der Waals surface area contributed by atoms with Crippen molar-refractivity contribution in [3.8, 4) is 6.07 Å². The molecule has 12 heavy (non-hydrogen) atoms. The van der Waals surface area contributed by atoms with Crippen LogP contribution in [0.3, 0.4) is 0 Å². The Morgan fingerprint density at radius 2 is 2.25 bits per heavy atom. The quantitative estimate of drug-likeness (QED) is 0.744. The zero-order valence-corrected chi connectivity index (χ0v) is 8.07. The van der Waals surface area contributed by atoms with Crippen LogP contribution in [-0.2, 0) is 0 Å². The Kier molecular flexibility index (Phi) is 2.51. The van der Waals surface area contributed by atoms with Crippen LogP contribution in [0.4, 0.5) is 10.9 Å². The largest absolute Gasteiger partial charge is 0.364 e. The third-order valence-electron chi connectivity index (χ3n) is 1.35. The van der Waals surface area contributed by atoms with E-state index >= 15 is 0 Å². The number of anilines is 2. The normalized spacial score (nSPS) is 9.17. The molecule has 1 heterocycles. The van der Waals surface area contributed by atoms with E-state index in [0.717, 1.165) is 10.9 Å². The standard InChI is InChI=1S/C7H10N4S/c1-9-7-10-6(11(2)3)5(4-8)12-7/h1-3H3,(H,9,10). The smallest absolute Gasteiger partial charge is 0.185 e. The van der Waals surface area contributed by atoms with E-state index in [4.69, 9.17) is 5.26 Å². The van der Waals surface area contributed by atoms with E-state index in [0.29, 0.717) is 4.88 Å². The van der Waals surface area contributed by atoms with Crippen LogP contribution in [0.5, 0.6) is 0 Å². The lowest BCUT2D eigenvalue weighted by Crippen LogP contribution is -2.10. The van der Waals surface area contributed by atoms with Gasteiger partial charge < -0.3 is 10.2 Å². The number of nitrogens with one attached hydrogen (secondary N) is 1. The highest BCUT2D eigenvalue weighted by Crippen LogP contribution is 2.27. The van der Waals surface area contributed by atoms with Crippen LogP contribution in [-0.4, -0.2) is 26.1 Å². The summed E-state index contributed by atoms with van der Waals surface area (Å²) in [6.45, 7) is 0.